The number of carbonyl (C=O) groups excluding carboxylic acids is 1. The van der Waals surface area contributed by atoms with Gasteiger partial charge >= 0.3 is 0 Å². The van der Waals surface area contributed by atoms with Crippen molar-refractivity contribution in [3.05, 3.63) is 35.9 Å². The zero-order valence-electron chi connectivity index (χ0n) is 12.0. The molecular formula is C15H19N3OS. The Bertz CT molecular complexity index is 615. The van der Waals surface area contributed by atoms with Crippen molar-refractivity contribution in [2.24, 2.45) is 0 Å². The number of anilines is 1. The number of amides is 1. The van der Waals surface area contributed by atoms with Crippen LogP contribution < -0.4 is 5.32 Å². The largest absolute Gasteiger partial charge is 0.373 e. The van der Waals surface area contributed by atoms with Crippen LogP contribution in [-0.2, 0) is 0 Å². The fourth-order valence-electron chi connectivity index (χ4n) is 2.02. The summed E-state index contributed by atoms with van der Waals surface area (Å²) >= 11 is 1.74. The fourth-order valence-corrected chi connectivity index (χ4v) is 2.47. The summed E-state index contributed by atoms with van der Waals surface area (Å²) in [7, 11) is 3.65. The predicted molar refractivity (Wildman–Crippen MR) is 86.6 cm³/mol. The molecule has 2 rings (SSSR count). The van der Waals surface area contributed by atoms with Crippen LogP contribution in [0.3, 0.4) is 0 Å². The molecule has 4 nitrogen and oxygen atoms in total. The minimum atomic E-state index is 0.0363. The number of nitrogens with zero attached hydrogens (tertiary/aromatic N) is 2. The molecule has 0 bridgehead atoms. The summed E-state index contributed by atoms with van der Waals surface area (Å²) in [6.07, 6.45) is 2.04. The molecule has 1 aromatic heterocycles. The smallest absolute Gasteiger partial charge is 0.254 e. The highest BCUT2D eigenvalue weighted by Crippen LogP contribution is 2.21. The molecule has 0 saturated heterocycles. The molecule has 1 N–H and O–H groups in total. The maximum atomic E-state index is 12.6. The molecule has 1 heterocycles. The Balaban J connectivity index is 2.43. The monoisotopic (exact) mass is 289 g/mol. The van der Waals surface area contributed by atoms with Crippen molar-refractivity contribution in [1.82, 2.24) is 9.88 Å². The first kappa shape index (κ1) is 14.7. The van der Waals surface area contributed by atoms with E-state index in [0.29, 0.717) is 11.4 Å². The number of hydrogen-bond donors (Lipinski definition) is 1. The van der Waals surface area contributed by atoms with Gasteiger partial charge in [-0.1, -0.05) is 18.2 Å². The van der Waals surface area contributed by atoms with Gasteiger partial charge in [0.15, 0.2) is 0 Å². The van der Waals surface area contributed by atoms with Gasteiger partial charge in [0.2, 0.25) is 0 Å². The minimum absolute atomic E-state index is 0.0363. The van der Waals surface area contributed by atoms with E-state index in [2.05, 4.69) is 10.3 Å². The van der Waals surface area contributed by atoms with Crippen LogP contribution >= 0.6 is 11.8 Å². The molecule has 0 atom stereocenters. The number of carbonyl (C=O) groups is 1. The highest BCUT2D eigenvalue weighted by Gasteiger charge is 2.16. The number of hydrogen-bond acceptors (Lipinski definition) is 4. The molecule has 0 unspecified atom stereocenters. The maximum Gasteiger partial charge on any atom is 0.254 e. The van der Waals surface area contributed by atoms with Gasteiger partial charge < -0.3 is 10.2 Å². The van der Waals surface area contributed by atoms with Crippen molar-refractivity contribution >= 4 is 34.4 Å². The van der Waals surface area contributed by atoms with Gasteiger partial charge in [-0.3, -0.25) is 4.79 Å². The summed E-state index contributed by atoms with van der Waals surface area (Å²) in [4.78, 5) is 18.8. The van der Waals surface area contributed by atoms with Crippen LogP contribution in [0, 0.1) is 0 Å². The van der Waals surface area contributed by atoms with E-state index in [1.54, 1.807) is 16.7 Å². The Hall–Kier alpha value is -1.75. The van der Waals surface area contributed by atoms with Gasteiger partial charge in [-0.25, -0.2) is 4.98 Å². The molecule has 0 spiro atoms. The molecule has 106 valence electrons. The van der Waals surface area contributed by atoms with Crippen LogP contribution in [0.25, 0.3) is 10.9 Å². The average molecular weight is 289 g/mol. The lowest BCUT2D eigenvalue weighted by molar-refractivity contribution is 0.0805. The molecule has 0 radical (unpaired) electrons. The van der Waals surface area contributed by atoms with Gasteiger partial charge in [0.1, 0.15) is 5.82 Å². The number of para-hydroxylation sites is 1. The van der Waals surface area contributed by atoms with Gasteiger partial charge in [-0.05, 0) is 18.4 Å². The van der Waals surface area contributed by atoms with E-state index in [1.165, 1.54) is 0 Å². The van der Waals surface area contributed by atoms with Crippen molar-refractivity contribution in [3.63, 3.8) is 0 Å². The van der Waals surface area contributed by atoms with E-state index in [4.69, 9.17) is 0 Å². The minimum Gasteiger partial charge on any atom is -0.373 e. The summed E-state index contributed by atoms with van der Waals surface area (Å²) in [5.41, 5.74) is 1.53. The van der Waals surface area contributed by atoms with Gasteiger partial charge in [0.25, 0.3) is 5.91 Å². The second-order valence-corrected chi connectivity index (χ2v) is 5.53. The predicted octanol–water partition coefficient (Wildman–Crippen LogP) is 2.71. The third-order valence-electron chi connectivity index (χ3n) is 3.18. The zero-order valence-corrected chi connectivity index (χ0v) is 12.8. The van der Waals surface area contributed by atoms with Crippen molar-refractivity contribution in [1.29, 1.82) is 0 Å². The molecule has 2 aromatic rings. The van der Waals surface area contributed by atoms with Crippen LogP contribution in [0.15, 0.2) is 30.3 Å². The standard InChI is InChI=1S/C15H19N3OS/c1-16-14-10-12(15(19)18(2)8-9-20-3)11-6-4-5-7-13(11)17-14/h4-7,10H,8-9H2,1-3H3,(H,16,17). The maximum absolute atomic E-state index is 12.6. The van der Waals surface area contributed by atoms with Crippen molar-refractivity contribution in [2.45, 2.75) is 0 Å². The molecular weight excluding hydrogens is 270 g/mol. The van der Waals surface area contributed by atoms with Crippen LogP contribution in [0.2, 0.25) is 0 Å². The highest BCUT2D eigenvalue weighted by atomic mass is 32.2. The summed E-state index contributed by atoms with van der Waals surface area (Å²) in [6.45, 7) is 0.742. The first-order chi connectivity index (χ1) is 9.67. The normalized spacial score (nSPS) is 10.6. The van der Waals surface area contributed by atoms with Crippen molar-refractivity contribution < 1.29 is 4.79 Å². The van der Waals surface area contributed by atoms with Crippen LogP contribution in [0.5, 0.6) is 0 Å². The first-order valence-corrected chi connectivity index (χ1v) is 7.88. The summed E-state index contributed by atoms with van der Waals surface area (Å²) in [5, 5.41) is 3.91. The number of nitrogens with one attached hydrogen (secondary N) is 1. The number of rotatable bonds is 5. The molecule has 1 aromatic carbocycles. The van der Waals surface area contributed by atoms with Crippen LogP contribution in [-0.4, -0.2) is 48.4 Å². The van der Waals surface area contributed by atoms with Gasteiger partial charge in [-0.2, -0.15) is 11.8 Å². The Morgan fingerprint density at radius 2 is 2.15 bits per heavy atom. The number of aromatic nitrogens is 1. The Morgan fingerprint density at radius 3 is 2.85 bits per heavy atom. The Labute approximate surface area is 123 Å². The summed E-state index contributed by atoms with van der Waals surface area (Å²) < 4.78 is 0. The number of benzene rings is 1. The van der Waals surface area contributed by atoms with Crippen molar-refractivity contribution in [2.75, 3.05) is 38.0 Å². The van der Waals surface area contributed by atoms with E-state index in [0.717, 1.165) is 23.2 Å². The lowest BCUT2D eigenvalue weighted by Crippen LogP contribution is -2.29. The third kappa shape index (κ3) is 3.04. The van der Waals surface area contributed by atoms with Crippen molar-refractivity contribution in [3.8, 4) is 0 Å². The average Bonchev–Trinajstić information content (AvgIpc) is 2.50. The molecule has 20 heavy (non-hydrogen) atoms. The van der Waals surface area contributed by atoms with E-state index >= 15 is 0 Å². The summed E-state index contributed by atoms with van der Waals surface area (Å²) in [5.74, 6) is 1.68. The van der Waals surface area contributed by atoms with Crippen LogP contribution in [0.4, 0.5) is 5.82 Å². The molecule has 0 aliphatic heterocycles. The lowest BCUT2D eigenvalue weighted by Gasteiger charge is -2.18. The van der Waals surface area contributed by atoms with Crippen LogP contribution in [0.1, 0.15) is 10.4 Å². The van der Waals surface area contributed by atoms with Gasteiger partial charge in [0, 0.05) is 31.8 Å². The second-order valence-electron chi connectivity index (χ2n) is 4.54. The molecule has 1 amide bonds. The number of fused-ring (bicyclic) bond motifs is 1. The van der Waals surface area contributed by atoms with E-state index < -0.39 is 0 Å². The van der Waals surface area contributed by atoms with E-state index in [1.807, 2.05) is 50.7 Å². The Kier molecular flexibility index (Phi) is 4.84. The molecule has 0 aliphatic carbocycles. The number of thioether (sulfide) groups is 1. The first-order valence-electron chi connectivity index (χ1n) is 6.49. The molecule has 5 heteroatoms. The SMILES string of the molecule is CNc1cc(C(=O)N(C)CCSC)c2ccccc2n1. The molecule has 0 saturated carbocycles. The lowest BCUT2D eigenvalue weighted by atomic mass is 10.1. The highest BCUT2D eigenvalue weighted by molar-refractivity contribution is 7.98. The zero-order chi connectivity index (χ0) is 14.5. The van der Waals surface area contributed by atoms with E-state index in [-0.39, 0.29) is 5.91 Å². The van der Waals surface area contributed by atoms with Gasteiger partial charge in [-0.15, -0.1) is 0 Å². The topological polar surface area (TPSA) is 45.2 Å². The third-order valence-corrected chi connectivity index (χ3v) is 3.77. The second kappa shape index (κ2) is 6.61. The number of pyridine rings is 1. The Morgan fingerprint density at radius 1 is 1.40 bits per heavy atom. The molecule has 0 aliphatic rings. The molecule has 0 fully saturated rings. The fraction of sp³-hybridized carbons (Fsp3) is 0.333. The van der Waals surface area contributed by atoms with Gasteiger partial charge in [0.05, 0.1) is 11.1 Å². The summed E-state index contributed by atoms with van der Waals surface area (Å²) in [6, 6.07) is 9.55. The quantitative estimate of drug-likeness (QED) is 0.919. The van der Waals surface area contributed by atoms with E-state index in [9.17, 15) is 4.79 Å².